The maximum atomic E-state index is 12.0. The first-order chi connectivity index (χ1) is 9.70. The number of carboxylic acids is 1. The molecule has 1 aromatic carbocycles. The van der Waals surface area contributed by atoms with Gasteiger partial charge in [-0.2, -0.15) is 0 Å². The molecule has 2 rings (SSSR count). The molecule has 0 saturated carbocycles. The number of esters is 1. The van der Waals surface area contributed by atoms with E-state index in [1.165, 1.54) is 0 Å². The fourth-order valence-corrected chi connectivity index (χ4v) is 1.63. The van der Waals surface area contributed by atoms with Crippen LogP contribution < -0.4 is 0 Å². The molecule has 0 saturated heterocycles. The van der Waals surface area contributed by atoms with Crippen LogP contribution in [0.25, 0.3) is 10.8 Å². The average molecular weight is 289 g/mol. The lowest BCUT2D eigenvalue weighted by Gasteiger charge is -2.20. The number of pyridine rings is 1. The number of ether oxygens (including phenoxy) is 1. The Hall–Kier alpha value is -2.43. The van der Waals surface area contributed by atoms with Crippen LogP contribution in [-0.4, -0.2) is 27.6 Å². The van der Waals surface area contributed by atoms with Crippen molar-refractivity contribution in [1.29, 1.82) is 0 Å². The highest BCUT2D eigenvalue weighted by atomic mass is 16.6. The SMILES string of the molecule is CC(=O)O.CC(C)(C)OC(=O)c1cccc2cnccc12. The summed E-state index contributed by atoms with van der Waals surface area (Å²) >= 11 is 0. The molecule has 21 heavy (non-hydrogen) atoms. The summed E-state index contributed by atoms with van der Waals surface area (Å²) in [6.07, 6.45) is 3.42. The first-order valence-corrected chi connectivity index (χ1v) is 6.46. The van der Waals surface area contributed by atoms with E-state index >= 15 is 0 Å². The number of carbonyl (C=O) groups is 2. The van der Waals surface area contributed by atoms with Gasteiger partial charge in [0.2, 0.25) is 0 Å². The molecule has 0 aliphatic carbocycles. The molecule has 0 aliphatic heterocycles. The Balaban J connectivity index is 0.000000491. The lowest BCUT2D eigenvalue weighted by atomic mass is 10.1. The van der Waals surface area contributed by atoms with Crippen molar-refractivity contribution >= 4 is 22.7 Å². The van der Waals surface area contributed by atoms with Crippen LogP contribution in [0.4, 0.5) is 0 Å². The number of rotatable bonds is 1. The van der Waals surface area contributed by atoms with E-state index in [2.05, 4.69) is 4.98 Å². The molecule has 5 heteroatoms. The molecular formula is C16H19NO4. The van der Waals surface area contributed by atoms with Crippen molar-refractivity contribution in [3.8, 4) is 0 Å². The molecule has 0 atom stereocenters. The van der Waals surface area contributed by atoms with Crippen LogP contribution >= 0.6 is 0 Å². The molecule has 0 spiro atoms. The van der Waals surface area contributed by atoms with E-state index in [1.54, 1.807) is 18.5 Å². The second kappa shape index (κ2) is 6.83. The van der Waals surface area contributed by atoms with Gasteiger partial charge < -0.3 is 9.84 Å². The molecule has 2 aromatic rings. The highest BCUT2D eigenvalue weighted by molar-refractivity contribution is 6.04. The average Bonchev–Trinajstić information content (AvgIpc) is 2.35. The maximum Gasteiger partial charge on any atom is 0.339 e. The van der Waals surface area contributed by atoms with Crippen LogP contribution in [0.3, 0.4) is 0 Å². The fraction of sp³-hybridized carbons (Fsp3) is 0.312. The van der Waals surface area contributed by atoms with Crippen molar-refractivity contribution in [2.45, 2.75) is 33.3 Å². The van der Waals surface area contributed by atoms with Gasteiger partial charge in [-0.05, 0) is 38.3 Å². The Morgan fingerprint density at radius 2 is 1.81 bits per heavy atom. The van der Waals surface area contributed by atoms with Crippen molar-refractivity contribution in [3.05, 3.63) is 42.2 Å². The summed E-state index contributed by atoms with van der Waals surface area (Å²) < 4.78 is 5.37. The molecule has 0 amide bonds. The number of benzene rings is 1. The lowest BCUT2D eigenvalue weighted by molar-refractivity contribution is -0.134. The Morgan fingerprint density at radius 3 is 2.38 bits per heavy atom. The Kier molecular flexibility index (Phi) is 5.41. The smallest absolute Gasteiger partial charge is 0.339 e. The molecule has 1 N–H and O–H groups in total. The molecule has 0 aliphatic rings. The van der Waals surface area contributed by atoms with Crippen LogP contribution in [0, 0.1) is 0 Å². The molecule has 0 unspecified atom stereocenters. The van der Waals surface area contributed by atoms with Crippen LogP contribution in [0.2, 0.25) is 0 Å². The van der Waals surface area contributed by atoms with Gasteiger partial charge in [0.25, 0.3) is 5.97 Å². The zero-order chi connectivity index (χ0) is 16.0. The first kappa shape index (κ1) is 16.6. The second-order valence-electron chi connectivity index (χ2n) is 5.42. The largest absolute Gasteiger partial charge is 0.481 e. The molecule has 1 heterocycles. The van der Waals surface area contributed by atoms with Gasteiger partial charge >= 0.3 is 5.97 Å². The molecule has 0 radical (unpaired) electrons. The number of fused-ring (bicyclic) bond motifs is 1. The minimum absolute atomic E-state index is 0.297. The van der Waals surface area contributed by atoms with Gasteiger partial charge in [-0.15, -0.1) is 0 Å². The summed E-state index contributed by atoms with van der Waals surface area (Å²) in [5, 5.41) is 9.23. The van der Waals surface area contributed by atoms with Gasteiger partial charge in [0.15, 0.2) is 0 Å². The molecule has 0 bridgehead atoms. The molecule has 0 fully saturated rings. The van der Waals surface area contributed by atoms with Crippen LogP contribution in [0.1, 0.15) is 38.1 Å². The van der Waals surface area contributed by atoms with Gasteiger partial charge in [0.1, 0.15) is 5.60 Å². The predicted molar refractivity (Wildman–Crippen MR) is 80.2 cm³/mol. The molecular weight excluding hydrogens is 270 g/mol. The summed E-state index contributed by atoms with van der Waals surface area (Å²) in [6, 6.07) is 7.37. The second-order valence-corrected chi connectivity index (χ2v) is 5.42. The predicted octanol–water partition coefficient (Wildman–Crippen LogP) is 3.28. The Bertz CT molecular complexity index is 635. The normalized spacial score (nSPS) is 10.5. The number of nitrogens with zero attached hydrogens (tertiary/aromatic N) is 1. The van der Waals surface area contributed by atoms with Gasteiger partial charge in [-0.3, -0.25) is 9.78 Å². The van der Waals surface area contributed by atoms with E-state index < -0.39 is 11.6 Å². The van der Waals surface area contributed by atoms with E-state index in [-0.39, 0.29) is 5.97 Å². The van der Waals surface area contributed by atoms with Crippen LogP contribution in [0.15, 0.2) is 36.7 Å². The zero-order valence-electron chi connectivity index (χ0n) is 12.6. The highest BCUT2D eigenvalue weighted by Crippen LogP contribution is 2.20. The van der Waals surface area contributed by atoms with E-state index in [4.69, 9.17) is 14.6 Å². The molecule has 1 aromatic heterocycles. The summed E-state index contributed by atoms with van der Waals surface area (Å²) in [6.45, 7) is 6.66. The van der Waals surface area contributed by atoms with E-state index in [9.17, 15) is 4.79 Å². The fourth-order valence-electron chi connectivity index (χ4n) is 1.63. The van der Waals surface area contributed by atoms with Crippen molar-refractivity contribution in [3.63, 3.8) is 0 Å². The number of aromatic nitrogens is 1. The van der Waals surface area contributed by atoms with E-state index in [0.29, 0.717) is 5.56 Å². The van der Waals surface area contributed by atoms with Gasteiger partial charge in [0, 0.05) is 24.7 Å². The summed E-state index contributed by atoms with van der Waals surface area (Å²) in [7, 11) is 0. The standard InChI is InChI=1S/C14H15NO2.C2H4O2/c1-14(2,3)17-13(16)12-6-4-5-10-9-15-8-7-11(10)12;1-2(3)4/h4-9H,1-3H3;1H3,(H,3,4). The number of carbonyl (C=O) groups excluding carboxylic acids is 1. The third-order valence-electron chi connectivity index (χ3n) is 2.30. The topological polar surface area (TPSA) is 76.5 Å². The summed E-state index contributed by atoms with van der Waals surface area (Å²) in [5.74, 6) is -1.13. The number of hydrogen-bond donors (Lipinski definition) is 1. The van der Waals surface area contributed by atoms with E-state index in [1.807, 2.05) is 39.0 Å². The quantitative estimate of drug-likeness (QED) is 0.815. The Morgan fingerprint density at radius 1 is 1.19 bits per heavy atom. The summed E-state index contributed by atoms with van der Waals surface area (Å²) in [4.78, 5) is 25.1. The van der Waals surface area contributed by atoms with Crippen molar-refractivity contribution in [2.24, 2.45) is 0 Å². The third-order valence-corrected chi connectivity index (χ3v) is 2.30. The molecule has 5 nitrogen and oxygen atoms in total. The number of aliphatic carboxylic acids is 1. The van der Waals surface area contributed by atoms with Crippen LogP contribution in [0.5, 0.6) is 0 Å². The maximum absolute atomic E-state index is 12.0. The minimum atomic E-state index is -0.833. The highest BCUT2D eigenvalue weighted by Gasteiger charge is 2.19. The van der Waals surface area contributed by atoms with Gasteiger partial charge in [-0.25, -0.2) is 4.79 Å². The first-order valence-electron chi connectivity index (χ1n) is 6.46. The third kappa shape index (κ3) is 5.60. The van der Waals surface area contributed by atoms with Gasteiger partial charge in [-0.1, -0.05) is 12.1 Å². The zero-order valence-corrected chi connectivity index (χ0v) is 12.6. The van der Waals surface area contributed by atoms with Gasteiger partial charge in [0.05, 0.1) is 5.56 Å². The van der Waals surface area contributed by atoms with Crippen LogP contribution in [-0.2, 0) is 9.53 Å². The van der Waals surface area contributed by atoms with Crippen molar-refractivity contribution < 1.29 is 19.4 Å². The monoisotopic (exact) mass is 289 g/mol. The number of hydrogen-bond acceptors (Lipinski definition) is 4. The Labute approximate surface area is 123 Å². The summed E-state index contributed by atoms with van der Waals surface area (Å²) in [5.41, 5.74) is 0.103. The number of carboxylic acid groups (broad SMARTS) is 1. The molecule has 112 valence electrons. The van der Waals surface area contributed by atoms with Crippen molar-refractivity contribution in [1.82, 2.24) is 4.98 Å². The minimum Gasteiger partial charge on any atom is -0.481 e. The van der Waals surface area contributed by atoms with Crippen molar-refractivity contribution in [2.75, 3.05) is 0 Å². The van der Waals surface area contributed by atoms with E-state index in [0.717, 1.165) is 17.7 Å². The lowest BCUT2D eigenvalue weighted by Crippen LogP contribution is -2.24.